The number of benzene rings is 1. The van der Waals surface area contributed by atoms with E-state index >= 15 is 0 Å². The van der Waals surface area contributed by atoms with Crippen LogP contribution in [0.4, 0.5) is 4.39 Å². The normalized spacial score (nSPS) is 21.3. The standard InChI is InChI=1S/C27H31FN4O3S/c1-5-22(28)10-8-18(2)27(17-33)32-12-6-7-20(25(32)31-35-27)13-19-9-11-23(24(14-19)34-3)21-15-29-26(36-4)30-16-21/h8-11,13-16,33H,5-7,12,17H2,1-4H3. The Morgan fingerprint density at radius 3 is 2.75 bits per heavy atom. The van der Waals surface area contributed by atoms with Crippen molar-refractivity contribution in [1.82, 2.24) is 14.9 Å². The van der Waals surface area contributed by atoms with Gasteiger partial charge in [-0.3, -0.25) is 0 Å². The largest absolute Gasteiger partial charge is 0.496 e. The van der Waals surface area contributed by atoms with Gasteiger partial charge in [-0.05, 0) is 73.4 Å². The molecule has 0 saturated carbocycles. The molecule has 0 spiro atoms. The van der Waals surface area contributed by atoms with E-state index in [0.717, 1.165) is 46.0 Å². The number of hydrogen-bond acceptors (Lipinski definition) is 8. The number of methoxy groups -OCH3 is 1. The number of rotatable bonds is 8. The van der Waals surface area contributed by atoms with Crippen LogP contribution >= 0.6 is 11.8 Å². The molecule has 36 heavy (non-hydrogen) atoms. The van der Waals surface area contributed by atoms with Crippen LogP contribution in [0.2, 0.25) is 0 Å². The molecule has 9 heteroatoms. The highest BCUT2D eigenvalue weighted by Gasteiger charge is 2.49. The molecular formula is C27H31FN4O3S. The van der Waals surface area contributed by atoms with Gasteiger partial charge in [0.2, 0.25) is 0 Å². The number of aliphatic hydroxyl groups excluding tert-OH is 1. The summed E-state index contributed by atoms with van der Waals surface area (Å²) in [4.78, 5) is 16.5. The summed E-state index contributed by atoms with van der Waals surface area (Å²) in [6.45, 7) is 3.96. The fraction of sp³-hybridized carbons (Fsp3) is 0.370. The van der Waals surface area contributed by atoms with Gasteiger partial charge in [-0.25, -0.2) is 14.4 Å². The summed E-state index contributed by atoms with van der Waals surface area (Å²) in [5.74, 6) is 1.17. The molecule has 1 aromatic heterocycles. The number of aliphatic hydroxyl groups is 1. The van der Waals surface area contributed by atoms with Gasteiger partial charge in [0.05, 0.1) is 12.9 Å². The Balaban J connectivity index is 1.63. The van der Waals surface area contributed by atoms with Crippen LogP contribution in [-0.4, -0.2) is 58.1 Å². The summed E-state index contributed by atoms with van der Waals surface area (Å²) >= 11 is 1.49. The van der Waals surface area contributed by atoms with Gasteiger partial charge >= 0.3 is 0 Å². The summed E-state index contributed by atoms with van der Waals surface area (Å²) in [5, 5.41) is 15.4. The van der Waals surface area contributed by atoms with Crippen LogP contribution in [0.1, 0.15) is 38.7 Å². The van der Waals surface area contributed by atoms with E-state index in [1.165, 1.54) is 17.8 Å². The molecule has 0 bridgehead atoms. The van der Waals surface area contributed by atoms with Crippen LogP contribution in [0.25, 0.3) is 17.2 Å². The van der Waals surface area contributed by atoms with Gasteiger partial charge in [0.25, 0.3) is 5.72 Å². The Bertz CT molecular complexity index is 1230. The number of allylic oxidation sites excluding steroid dienone is 3. The predicted octanol–water partition coefficient (Wildman–Crippen LogP) is 5.60. The number of hydrogen-bond donors (Lipinski definition) is 1. The Morgan fingerprint density at radius 2 is 2.08 bits per heavy atom. The lowest BCUT2D eigenvalue weighted by Crippen LogP contribution is -2.54. The monoisotopic (exact) mass is 510 g/mol. The highest BCUT2D eigenvalue weighted by Crippen LogP contribution is 2.38. The van der Waals surface area contributed by atoms with E-state index in [4.69, 9.17) is 9.57 Å². The molecule has 1 aromatic carbocycles. The zero-order valence-electron chi connectivity index (χ0n) is 21.0. The van der Waals surface area contributed by atoms with Crippen molar-refractivity contribution in [2.24, 2.45) is 5.16 Å². The average molecular weight is 511 g/mol. The quantitative estimate of drug-likeness (QED) is 0.281. The molecule has 190 valence electrons. The molecule has 0 aliphatic carbocycles. The smallest absolute Gasteiger partial charge is 0.256 e. The molecule has 1 atom stereocenters. The third-order valence-corrected chi connectivity index (χ3v) is 7.04. The second-order valence-electron chi connectivity index (χ2n) is 8.61. The number of fused-ring (bicyclic) bond motifs is 1. The van der Waals surface area contributed by atoms with Crippen molar-refractivity contribution in [3.8, 4) is 16.9 Å². The minimum Gasteiger partial charge on any atom is -0.496 e. The lowest BCUT2D eigenvalue weighted by atomic mass is 9.94. The highest BCUT2D eigenvalue weighted by atomic mass is 32.2. The van der Waals surface area contributed by atoms with Crippen molar-refractivity contribution < 1.29 is 19.1 Å². The second kappa shape index (κ2) is 11.3. The van der Waals surface area contributed by atoms with Crippen LogP contribution < -0.4 is 4.74 Å². The lowest BCUT2D eigenvalue weighted by molar-refractivity contribution is -0.101. The number of thioether (sulfide) groups is 1. The fourth-order valence-corrected chi connectivity index (χ4v) is 4.68. The van der Waals surface area contributed by atoms with Crippen LogP contribution in [0.15, 0.2) is 70.0 Å². The molecule has 0 amide bonds. The molecule has 2 aliphatic rings. The highest BCUT2D eigenvalue weighted by molar-refractivity contribution is 7.98. The summed E-state index contributed by atoms with van der Waals surface area (Å²) in [7, 11) is 1.64. The third kappa shape index (κ3) is 5.03. The van der Waals surface area contributed by atoms with Gasteiger partial charge in [0, 0.05) is 30.1 Å². The molecule has 0 radical (unpaired) electrons. The maximum atomic E-state index is 13.7. The van der Waals surface area contributed by atoms with E-state index in [1.54, 1.807) is 32.5 Å². The molecule has 2 aliphatic heterocycles. The number of halogens is 1. The maximum Gasteiger partial charge on any atom is 0.256 e. The van der Waals surface area contributed by atoms with Crippen molar-refractivity contribution >= 4 is 23.7 Å². The SMILES string of the molecule is CCC(F)=CC=C(C)C1(CO)ON=C2C(=Cc3ccc(-c4cnc(SC)nc4)c(OC)c3)CCCN21. The first kappa shape index (κ1) is 25.9. The molecule has 3 heterocycles. The molecule has 1 saturated heterocycles. The van der Waals surface area contributed by atoms with Gasteiger partial charge in [0.1, 0.15) is 12.4 Å². The van der Waals surface area contributed by atoms with Crippen LogP contribution in [0.3, 0.4) is 0 Å². The van der Waals surface area contributed by atoms with Crippen molar-refractivity contribution in [3.05, 3.63) is 65.3 Å². The minimum absolute atomic E-state index is 0.232. The second-order valence-corrected chi connectivity index (χ2v) is 9.38. The van der Waals surface area contributed by atoms with Gasteiger partial charge in [0.15, 0.2) is 11.0 Å². The lowest BCUT2D eigenvalue weighted by Gasteiger charge is -2.39. The molecule has 4 rings (SSSR count). The molecule has 1 N–H and O–H groups in total. The van der Waals surface area contributed by atoms with Gasteiger partial charge in [-0.1, -0.05) is 36.0 Å². The minimum atomic E-state index is -1.14. The van der Waals surface area contributed by atoms with E-state index < -0.39 is 5.72 Å². The van der Waals surface area contributed by atoms with E-state index in [0.29, 0.717) is 24.4 Å². The Labute approximate surface area is 215 Å². The number of nitrogens with zero attached hydrogens (tertiary/aromatic N) is 4. The number of aromatic nitrogens is 2. The maximum absolute atomic E-state index is 13.7. The number of ether oxygens (including phenoxy) is 1. The fourth-order valence-electron chi connectivity index (χ4n) is 4.37. The van der Waals surface area contributed by atoms with E-state index in [2.05, 4.69) is 21.2 Å². The van der Waals surface area contributed by atoms with Crippen molar-refractivity contribution in [2.45, 2.75) is 44.0 Å². The number of amidine groups is 1. The first-order valence-corrected chi connectivity index (χ1v) is 13.1. The van der Waals surface area contributed by atoms with Gasteiger partial charge in [-0.2, -0.15) is 0 Å². The Hall–Kier alpha value is -3.17. The molecule has 1 unspecified atom stereocenters. The summed E-state index contributed by atoms with van der Waals surface area (Å²) in [5.41, 5.74) is 3.30. The summed E-state index contributed by atoms with van der Waals surface area (Å²) in [6.07, 6.45) is 12.7. The number of oxime groups is 1. The predicted molar refractivity (Wildman–Crippen MR) is 141 cm³/mol. The molecule has 7 nitrogen and oxygen atoms in total. The van der Waals surface area contributed by atoms with E-state index in [-0.39, 0.29) is 12.4 Å². The summed E-state index contributed by atoms with van der Waals surface area (Å²) in [6, 6.07) is 5.99. The summed E-state index contributed by atoms with van der Waals surface area (Å²) < 4.78 is 19.4. The first-order chi connectivity index (χ1) is 17.4. The van der Waals surface area contributed by atoms with Crippen LogP contribution in [0, 0.1) is 0 Å². The first-order valence-electron chi connectivity index (χ1n) is 11.9. The van der Waals surface area contributed by atoms with Crippen LogP contribution in [0.5, 0.6) is 5.75 Å². The molecule has 1 fully saturated rings. The van der Waals surface area contributed by atoms with Crippen molar-refractivity contribution in [2.75, 3.05) is 26.5 Å². The van der Waals surface area contributed by atoms with Gasteiger partial charge < -0.3 is 19.6 Å². The average Bonchev–Trinajstić information content (AvgIpc) is 3.32. The van der Waals surface area contributed by atoms with Crippen molar-refractivity contribution in [3.63, 3.8) is 0 Å². The Morgan fingerprint density at radius 1 is 1.31 bits per heavy atom. The molecular weight excluding hydrogens is 479 g/mol. The zero-order chi connectivity index (χ0) is 25.7. The van der Waals surface area contributed by atoms with Gasteiger partial charge in [-0.15, -0.1) is 0 Å². The topological polar surface area (TPSA) is 80.1 Å². The van der Waals surface area contributed by atoms with E-state index in [1.807, 2.05) is 36.3 Å². The van der Waals surface area contributed by atoms with E-state index in [9.17, 15) is 9.50 Å². The van der Waals surface area contributed by atoms with Crippen molar-refractivity contribution in [1.29, 1.82) is 0 Å². The molecule has 2 aromatic rings. The Kier molecular flexibility index (Phi) is 8.11. The van der Waals surface area contributed by atoms with Crippen LogP contribution in [-0.2, 0) is 4.84 Å². The number of piperidine rings is 1. The third-order valence-electron chi connectivity index (χ3n) is 6.46. The zero-order valence-corrected chi connectivity index (χ0v) is 21.8.